The van der Waals surface area contributed by atoms with Crippen LogP contribution in [0.5, 0.6) is 5.75 Å². The molecule has 0 saturated carbocycles. The van der Waals surface area contributed by atoms with Crippen molar-refractivity contribution < 1.29 is 4.74 Å². The van der Waals surface area contributed by atoms with Gasteiger partial charge >= 0.3 is 0 Å². The van der Waals surface area contributed by atoms with Crippen LogP contribution in [0.2, 0.25) is 0 Å². The predicted molar refractivity (Wildman–Crippen MR) is 74.6 cm³/mol. The molecule has 0 aliphatic carbocycles. The first-order valence-corrected chi connectivity index (χ1v) is 6.17. The van der Waals surface area contributed by atoms with Crippen molar-refractivity contribution in [1.82, 2.24) is 4.98 Å². The lowest BCUT2D eigenvalue weighted by Gasteiger charge is -2.14. The summed E-state index contributed by atoms with van der Waals surface area (Å²) in [4.78, 5) is 4.16. The number of ether oxygens (including phenoxy) is 1. The predicted octanol–water partition coefficient (Wildman–Crippen LogP) is 3.43. The average molecular weight is 242 g/mol. The number of pyridine rings is 1. The molecular weight excluding hydrogens is 224 g/mol. The van der Waals surface area contributed by atoms with Gasteiger partial charge in [-0.15, -0.1) is 0 Å². The molecule has 1 aromatic heterocycles. The molecule has 0 saturated heterocycles. The van der Waals surface area contributed by atoms with Crippen LogP contribution in [0.4, 0.5) is 5.82 Å². The molecule has 0 amide bonds. The van der Waals surface area contributed by atoms with E-state index < -0.39 is 0 Å². The standard InChI is InChI=1S/C15H18N2O/c1-3-10-18-13-7-5-4-6-12(13)14-11(2)8-9-17-15(14)16/h4-9H,3,10H2,1-2H3,(H2,16,17). The van der Waals surface area contributed by atoms with E-state index in [0.29, 0.717) is 12.4 Å². The van der Waals surface area contributed by atoms with Gasteiger partial charge in [-0.05, 0) is 31.0 Å². The Bertz CT molecular complexity index is 518. The Morgan fingerprint density at radius 3 is 2.72 bits per heavy atom. The van der Waals surface area contributed by atoms with Gasteiger partial charge < -0.3 is 10.5 Å². The molecule has 2 N–H and O–H groups in total. The van der Waals surface area contributed by atoms with E-state index in [2.05, 4.69) is 11.9 Å². The van der Waals surface area contributed by atoms with Gasteiger partial charge in [-0.25, -0.2) is 4.98 Å². The molecule has 2 rings (SSSR count). The third kappa shape index (κ3) is 2.45. The summed E-state index contributed by atoms with van der Waals surface area (Å²) < 4.78 is 5.77. The summed E-state index contributed by atoms with van der Waals surface area (Å²) in [5.74, 6) is 1.41. The molecule has 1 heterocycles. The highest BCUT2D eigenvalue weighted by atomic mass is 16.5. The molecule has 1 aromatic carbocycles. The molecule has 0 fully saturated rings. The summed E-state index contributed by atoms with van der Waals surface area (Å²) in [5.41, 5.74) is 9.06. The molecule has 94 valence electrons. The van der Waals surface area contributed by atoms with Gasteiger partial charge in [0.1, 0.15) is 11.6 Å². The highest BCUT2D eigenvalue weighted by Crippen LogP contribution is 2.34. The van der Waals surface area contributed by atoms with Gasteiger partial charge in [0, 0.05) is 17.3 Å². The highest BCUT2D eigenvalue weighted by Gasteiger charge is 2.11. The van der Waals surface area contributed by atoms with E-state index in [1.165, 1.54) is 0 Å². The fourth-order valence-electron chi connectivity index (χ4n) is 1.94. The highest BCUT2D eigenvalue weighted by molar-refractivity contribution is 5.80. The minimum Gasteiger partial charge on any atom is -0.493 e. The third-order valence-corrected chi connectivity index (χ3v) is 2.81. The van der Waals surface area contributed by atoms with E-state index in [1.54, 1.807) is 6.20 Å². The molecule has 18 heavy (non-hydrogen) atoms. The quantitative estimate of drug-likeness (QED) is 0.893. The molecule has 0 atom stereocenters. The number of hydrogen-bond acceptors (Lipinski definition) is 3. The van der Waals surface area contributed by atoms with Crippen molar-refractivity contribution in [2.45, 2.75) is 20.3 Å². The van der Waals surface area contributed by atoms with Gasteiger partial charge in [0.25, 0.3) is 0 Å². The number of nitrogens with two attached hydrogens (primary N) is 1. The Hall–Kier alpha value is -2.03. The number of aromatic nitrogens is 1. The van der Waals surface area contributed by atoms with E-state index >= 15 is 0 Å². The maximum absolute atomic E-state index is 5.98. The first kappa shape index (κ1) is 12.4. The fraction of sp³-hybridized carbons (Fsp3) is 0.267. The molecular formula is C15H18N2O. The number of rotatable bonds is 4. The normalized spacial score (nSPS) is 10.3. The molecule has 3 nitrogen and oxygen atoms in total. The lowest BCUT2D eigenvalue weighted by molar-refractivity contribution is 0.318. The topological polar surface area (TPSA) is 48.1 Å². The fourth-order valence-corrected chi connectivity index (χ4v) is 1.94. The van der Waals surface area contributed by atoms with Crippen molar-refractivity contribution in [2.75, 3.05) is 12.3 Å². The van der Waals surface area contributed by atoms with Gasteiger partial charge in [-0.1, -0.05) is 25.1 Å². The van der Waals surface area contributed by atoms with Crippen LogP contribution in [0, 0.1) is 6.92 Å². The Kier molecular flexibility index (Phi) is 3.82. The smallest absolute Gasteiger partial charge is 0.131 e. The van der Waals surface area contributed by atoms with Crippen molar-refractivity contribution in [3.8, 4) is 16.9 Å². The van der Waals surface area contributed by atoms with Crippen molar-refractivity contribution in [1.29, 1.82) is 0 Å². The van der Waals surface area contributed by atoms with Crippen LogP contribution >= 0.6 is 0 Å². The number of nitrogens with zero attached hydrogens (tertiary/aromatic N) is 1. The molecule has 2 aromatic rings. The zero-order chi connectivity index (χ0) is 13.0. The van der Waals surface area contributed by atoms with Gasteiger partial charge in [-0.3, -0.25) is 0 Å². The molecule has 0 spiro atoms. The summed E-state index contributed by atoms with van der Waals surface area (Å²) >= 11 is 0. The first-order chi connectivity index (χ1) is 8.74. The number of nitrogen functional groups attached to an aromatic ring is 1. The molecule has 0 radical (unpaired) electrons. The minimum absolute atomic E-state index is 0.544. The molecule has 0 bridgehead atoms. The minimum atomic E-state index is 0.544. The van der Waals surface area contributed by atoms with Crippen molar-refractivity contribution >= 4 is 5.82 Å². The van der Waals surface area contributed by atoms with Crippen molar-refractivity contribution in [3.63, 3.8) is 0 Å². The van der Waals surface area contributed by atoms with E-state index in [4.69, 9.17) is 10.5 Å². The summed E-state index contributed by atoms with van der Waals surface area (Å²) in [7, 11) is 0. The van der Waals surface area contributed by atoms with Crippen LogP contribution in [-0.4, -0.2) is 11.6 Å². The van der Waals surface area contributed by atoms with Gasteiger partial charge in [0.05, 0.1) is 6.61 Å². The Labute approximate surface area is 108 Å². The Morgan fingerprint density at radius 2 is 2.00 bits per heavy atom. The van der Waals surface area contributed by atoms with E-state index in [-0.39, 0.29) is 0 Å². The second-order valence-corrected chi connectivity index (χ2v) is 4.23. The number of anilines is 1. The van der Waals surface area contributed by atoms with E-state index in [0.717, 1.165) is 28.9 Å². The van der Waals surface area contributed by atoms with Gasteiger partial charge in [-0.2, -0.15) is 0 Å². The Balaban J connectivity index is 2.50. The SMILES string of the molecule is CCCOc1ccccc1-c1c(C)ccnc1N. The lowest BCUT2D eigenvalue weighted by atomic mass is 10.0. The van der Waals surface area contributed by atoms with E-state index in [1.807, 2.05) is 37.3 Å². The average Bonchev–Trinajstić information content (AvgIpc) is 2.37. The Morgan fingerprint density at radius 1 is 1.22 bits per heavy atom. The van der Waals surface area contributed by atoms with Gasteiger partial charge in [0.2, 0.25) is 0 Å². The molecule has 0 aliphatic heterocycles. The largest absolute Gasteiger partial charge is 0.493 e. The van der Waals surface area contributed by atoms with E-state index in [9.17, 15) is 0 Å². The lowest BCUT2D eigenvalue weighted by Crippen LogP contribution is -2.00. The van der Waals surface area contributed by atoms with Crippen molar-refractivity contribution in [3.05, 3.63) is 42.1 Å². The maximum atomic E-state index is 5.98. The third-order valence-electron chi connectivity index (χ3n) is 2.81. The number of hydrogen-bond donors (Lipinski definition) is 1. The number of benzene rings is 1. The van der Waals surface area contributed by atoms with Crippen LogP contribution in [-0.2, 0) is 0 Å². The van der Waals surface area contributed by atoms with Crippen LogP contribution in [0.15, 0.2) is 36.5 Å². The summed E-state index contributed by atoms with van der Waals surface area (Å²) in [6, 6.07) is 9.90. The summed E-state index contributed by atoms with van der Waals surface area (Å²) in [6.45, 7) is 4.83. The van der Waals surface area contributed by atoms with Crippen LogP contribution < -0.4 is 10.5 Å². The van der Waals surface area contributed by atoms with Gasteiger partial charge in [0.15, 0.2) is 0 Å². The zero-order valence-electron chi connectivity index (χ0n) is 10.8. The maximum Gasteiger partial charge on any atom is 0.131 e. The molecule has 0 unspecified atom stereocenters. The monoisotopic (exact) mass is 242 g/mol. The second kappa shape index (κ2) is 5.54. The second-order valence-electron chi connectivity index (χ2n) is 4.23. The summed E-state index contributed by atoms with van der Waals surface area (Å²) in [5, 5.41) is 0. The summed E-state index contributed by atoms with van der Waals surface area (Å²) in [6.07, 6.45) is 2.71. The molecule has 3 heteroatoms. The molecule has 0 aliphatic rings. The van der Waals surface area contributed by atoms with Crippen molar-refractivity contribution in [2.24, 2.45) is 0 Å². The van der Waals surface area contributed by atoms with Crippen LogP contribution in [0.1, 0.15) is 18.9 Å². The zero-order valence-corrected chi connectivity index (χ0v) is 10.8. The number of aryl methyl sites for hydroxylation is 1. The first-order valence-electron chi connectivity index (χ1n) is 6.17. The van der Waals surface area contributed by atoms with Crippen LogP contribution in [0.25, 0.3) is 11.1 Å². The number of para-hydroxylation sites is 1. The van der Waals surface area contributed by atoms with Crippen LogP contribution in [0.3, 0.4) is 0 Å².